The van der Waals surface area contributed by atoms with Crippen molar-refractivity contribution < 1.29 is 48.2 Å². The summed E-state index contributed by atoms with van der Waals surface area (Å²) in [7, 11) is 0. The number of aliphatic hydroxyl groups excluding tert-OH is 4. The van der Waals surface area contributed by atoms with Crippen molar-refractivity contribution in [1.82, 2.24) is 5.32 Å². The first-order valence-electron chi connectivity index (χ1n) is 12.3. The number of carbonyl (C=O) groups excluding carboxylic acids is 1. The van der Waals surface area contributed by atoms with Crippen LogP contribution in [0.3, 0.4) is 0 Å². The number of hydrogen-bond donors (Lipinski definition) is 5. The first kappa shape index (κ1) is 31.6. The summed E-state index contributed by atoms with van der Waals surface area (Å²) in [5.41, 5.74) is 0.833. The third kappa shape index (κ3) is 9.57. The number of nitrogens with one attached hydrogen (secondary N) is 1. The zero-order valence-corrected chi connectivity index (χ0v) is 22.8. The molecule has 0 bridgehead atoms. The van der Waals surface area contributed by atoms with Crippen molar-refractivity contribution in [2.45, 2.75) is 55.5 Å². The second-order valence-corrected chi connectivity index (χ2v) is 11.0. The summed E-state index contributed by atoms with van der Waals surface area (Å²) < 4.78 is 42.6. The van der Waals surface area contributed by atoms with Crippen LogP contribution in [0, 0.1) is 5.82 Å². The normalized spacial score (nSPS) is 24.6. The van der Waals surface area contributed by atoms with Crippen LogP contribution >= 0.6 is 23.5 Å². The van der Waals surface area contributed by atoms with Crippen molar-refractivity contribution in [2.24, 2.45) is 0 Å². The Hall–Kier alpha value is -1.97. The molecule has 1 aliphatic heterocycles. The zero-order valence-electron chi connectivity index (χ0n) is 21.2. The summed E-state index contributed by atoms with van der Waals surface area (Å²) in [5, 5.41) is 42.8. The lowest BCUT2D eigenvalue weighted by Crippen LogP contribution is -2.59. The molecule has 7 atom stereocenters. The van der Waals surface area contributed by atoms with Gasteiger partial charge >= 0.3 is 0 Å². The number of rotatable bonds is 13. The van der Waals surface area contributed by atoms with E-state index in [9.17, 15) is 34.0 Å². The van der Waals surface area contributed by atoms with E-state index in [1.54, 1.807) is 24.3 Å². The lowest BCUT2D eigenvalue weighted by Gasteiger charge is -2.39. The standard InChI is InChI=1S/C26H33F2NO8S2/c1-2-38-14-20(30)19(12-35-25-24(33)23(32)22(31)21(11-27)37-25)29-26(34)39-13-15-3-7-17(8-4-15)36-18-9-5-16(28)6-10-18/h3-10,19-25,30-33H,2,11-14H2,1H3,(H,29,34)/t19-,20+,21?,22+,23?,24?,25?/m0/s1. The topological polar surface area (TPSA) is 138 Å². The third-order valence-corrected chi connectivity index (χ3v) is 7.71. The lowest BCUT2D eigenvalue weighted by atomic mass is 9.99. The first-order chi connectivity index (χ1) is 18.7. The summed E-state index contributed by atoms with van der Waals surface area (Å²) in [5.74, 6) is 2.04. The van der Waals surface area contributed by atoms with Crippen LogP contribution < -0.4 is 10.1 Å². The van der Waals surface area contributed by atoms with Gasteiger partial charge in [0, 0.05) is 11.5 Å². The van der Waals surface area contributed by atoms with Crippen LogP contribution in [0.4, 0.5) is 13.6 Å². The molecule has 1 aliphatic rings. The Bertz CT molecular complexity index is 1020. The average molecular weight is 590 g/mol. The van der Waals surface area contributed by atoms with E-state index in [2.05, 4.69) is 5.32 Å². The van der Waals surface area contributed by atoms with Crippen LogP contribution in [0.25, 0.3) is 0 Å². The molecule has 1 saturated heterocycles. The summed E-state index contributed by atoms with van der Waals surface area (Å²) >= 11 is 2.42. The minimum Gasteiger partial charge on any atom is -0.457 e. The molecule has 3 rings (SSSR count). The molecule has 1 amide bonds. The lowest BCUT2D eigenvalue weighted by molar-refractivity contribution is -0.299. The number of benzene rings is 2. The van der Waals surface area contributed by atoms with Gasteiger partial charge in [0.1, 0.15) is 48.4 Å². The van der Waals surface area contributed by atoms with Gasteiger partial charge in [-0.3, -0.25) is 4.79 Å². The van der Waals surface area contributed by atoms with Crippen molar-refractivity contribution in [3.8, 4) is 11.5 Å². The van der Waals surface area contributed by atoms with E-state index in [4.69, 9.17) is 14.2 Å². The summed E-state index contributed by atoms with van der Waals surface area (Å²) in [6.07, 6.45) is -8.79. The van der Waals surface area contributed by atoms with Gasteiger partial charge in [-0.25, -0.2) is 8.78 Å². The quantitative estimate of drug-likeness (QED) is 0.237. The number of carbonyl (C=O) groups is 1. The van der Waals surface area contributed by atoms with Gasteiger partial charge in [0.25, 0.3) is 5.24 Å². The Morgan fingerprint density at radius 3 is 2.31 bits per heavy atom. The molecular formula is C26H33F2NO8S2. The second kappa shape index (κ2) is 15.7. The highest BCUT2D eigenvalue weighted by molar-refractivity contribution is 8.12. The molecule has 0 aliphatic carbocycles. The summed E-state index contributed by atoms with van der Waals surface area (Å²) in [6, 6.07) is 11.8. The molecule has 39 heavy (non-hydrogen) atoms. The highest BCUT2D eigenvalue weighted by atomic mass is 32.2. The van der Waals surface area contributed by atoms with Gasteiger partial charge in [0.2, 0.25) is 0 Å². The Labute approximate surface area is 233 Å². The molecule has 9 nitrogen and oxygen atoms in total. The van der Waals surface area contributed by atoms with Gasteiger partial charge in [0.05, 0.1) is 18.8 Å². The van der Waals surface area contributed by atoms with Crippen LogP contribution in [0.2, 0.25) is 0 Å². The maximum Gasteiger partial charge on any atom is 0.279 e. The van der Waals surface area contributed by atoms with E-state index in [1.165, 1.54) is 36.0 Å². The zero-order chi connectivity index (χ0) is 28.4. The Morgan fingerprint density at radius 1 is 1.05 bits per heavy atom. The smallest absolute Gasteiger partial charge is 0.279 e. The summed E-state index contributed by atoms with van der Waals surface area (Å²) in [6.45, 7) is 0.525. The molecular weight excluding hydrogens is 556 g/mol. The predicted octanol–water partition coefficient (Wildman–Crippen LogP) is 2.84. The number of ether oxygens (including phenoxy) is 3. The van der Waals surface area contributed by atoms with Crippen molar-refractivity contribution >= 4 is 28.8 Å². The van der Waals surface area contributed by atoms with E-state index in [1.807, 2.05) is 6.92 Å². The van der Waals surface area contributed by atoms with Crippen LogP contribution in [0.5, 0.6) is 11.5 Å². The van der Waals surface area contributed by atoms with Crippen molar-refractivity contribution in [3.63, 3.8) is 0 Å². The molecule has 0 aromatic heterocycles. The third-order valence-electron chi connectivity index (χ3n) is 5.86. The fourth-order valence-corrected chi connectivity index (χ4v) is 5.05. The van der Waals surface area contributed by atoms with E-state index in [0.717, 1.165) is 23.1 Å². The molecule has 0 spiro atoms. The number of thioether (sulfide) groups is 2. The molecule has 0 saturated carbocycles. The number of amides is 1. The number of halogens is 2. The van der Waals surface area contributed by atoms with E-state index >= 15 is 0 Å². The van der Waals surface area contributed by atoms with E-state index in [-0.39, 0.29) is 12.4 Å². The maximum absolute atomic E-state index is 13.1. The minimum atomic E-state index is -1.68. The van der Waals surface area contributed by atoms with Crippen LogP contribution in [0.1, 0.15) is 12.5 Å². The van der Waals surface area contributed by atoms with Crippen LogP contribution in [-0.2, 0) is 15.2 Å². The summed E-state index contributed by atoms with van der Waals surface area (Å²) in [4.78, 5) is 12.7. The fourth-order valence-electron chi connectivity index (χ4n) is 3.62. The monoisotopic (exact) mass is 589 g/mol. The molecule has 2 aromatic carbocycles. The molecule has 5 N–H and O–H groups in total. The van der Waals surface area contributed by atoms with Gasteiger partial charge in [-0.05, 0) is 47.7 Å². The van der Waals surface area contributed by atoms with Gasteiger partial charge in [-0.2, -0.15) is 11.8 Å². The van der Waals surface area contributed by atoms with Gasteiger partial charge in [0.15, 0.2) is 6.29 Å². The second-order valence-electron chi connectivity index (χ2n) is 8.76. The van der Waals surface area contributed by atoms with Crippen molar-refractivity contribution in [3.05, 3.63) is 59.9 Å². The van der Waals surface area contributed by atoms with E-state index < -0.39 is 54.8 Å². The molecule has 216 valence electrons. The van der Waals surface area contributed by atoms with Gasteiger partial charge in [-0.1, -0.05) is 30.8 Å². The first-order valence-corrected chi connectivity index (χ1v) is 14.4. The number of aliphatic hydroxyl groups is 4. The molecule has 13 heteroatoms. The molecule has 4 unspecified atom stereocenters. The molecule has 2 aromatic rings. The molecule has 0 radical (unpaired) electrons. The molecule has 1 fully saturated rings. The SMILES string of the molecule is CCSC[C@@H](O)[C@H](COC1OC(CF)[C@@H](O)C(O)C1O)NC(=O)SCc1ccc(Oc2ccc(F)cc2)cc1. The Balaban J connectivity index is 1.53. The van der Waals surface area contributed by atoms with Crippen molar-refractivity contribution in [2.75, 3.05) is 24.8 Å². The minimum absolute atomic E-state index is 0.295. The fraction of sp³-hybridized carbons (Fsp3) is 0.500. The highest BCUT2D eigenvalue weighted by Crippen LogP contribution is 2.25. The Morgan fingerprint density at radius 2 is 1.69 bits per heavy atom. The Kier molecular flexibility index (Phi) is 12.7. The van der Waals surface area contributed by atoms with Crippen LogP contribution in [0.15, 0.2) is 48.5 Å². The average Bonchev–Trinajstić information content (AvgIpc) is 2.94. The largest absolute Gasteiger partial charge is 0.457 e. The highest BCUT2D eigenvalue weighted by Gasteiger charge is 2.44. The number of alkyl halides is 1. The molecule has 1 heterocycles. The van der Waals surface area contributed by atoms with E-state index in [0.29, 0.717) is 23.0 Å². The van der Waals surface area contributed by atoms with Crippen molar-refractivity contribution in [1.29, 1.82) is 0 Å². The number of hydrogen-bond acceptors (Lipinski definition) is 10. The maximum atomic E-state index is 13.1. The van der Waals surface area contributed by atoms with Crippen LogP contribution in [-0.4, -0.2) is 93.3 Å². The van der Waals surface area contributed by atoms with Gasteiger partial charge < -0.3 is 40.0 Å². The predicted molar refractivity (Wildman–Crippen MR) is 144 cm³/mol. The van der Waals surface area contributed by atoms with Gasteiger partial charge in [-0.15, -0.1) is 0 Å².